The second kappa shape index (κ2) is 6.94. The molecule has 1 heterocycles. The molecule has 1 N–H and O–H groups in total. The van der Waals surface area contributed by atoms with Crippen molar-refractivity contribution in [2.75, 3.05) is 5.32 Å². The van der Waals surface area contributed by atoms with Crippen LogP contribution in [0.2, 0.25) is 0 Å². The van der Waals surface area contributed by atoms with E-state index < -0.39 is 0 Å². The summed E-state index contributed by atoms with van der Waals surface area (Å²) in [5.41, 5.74) is 1.47. The highest BCUT2D eigenvalue weighted by molar-refractivity contribution is 5.47. The Morgan fingerprint density at radius 2 is 1.90 bits per heavy atom. The number of aromatic nitrogens is 1. The summed E-state index contributed by atoms with van der Waals surface area (Å²) in [6.07, 6.45) is 1.91. The maximum Gasteiger partial charge on any atom is 0.232 e. The molecule has 0 bridgehead atoms. The van der Waals surface area contributed by atoms with E-state index in [9.17, 15) is 5.26 Å². The van der Waals surface area contributed by atoms with Crippen LogP contribution in [0.3, 0.4) is 0 Å². The van der Waals surface area contributed by atoms with E-state index in [0.717, 1.165) is 18.4 Å². The number of anilines is 1. The quantitative estimate of drug-likeness (QED) is 0.840. The molecule has 0 saturated carbocycles. The lowest BCUT2D eigenvalue weighted by Crippen LogP contribution is -2.06. The van der Waals surface area contributed by atoms with Crippen LogP contribution in [0.25, 0.3) is 0 Å². The van der Waals surface area contributed by atoms with Crippen LogP contribution < -0.4 is 5.32 Å². The van der Waals surface area contributed by atoms with Gasteiger partial charge in [-0.2, -0.15) is 5.26 Å². The molecular weight excluding hydrogens is 262 g/mol. The lowest BCUT2D eigenvalue weighted by Gasteiger charge is -2.13. The van der Waals surface area contributed by atoms with Gasteiger partial charge in [-0.25, -0.2) is 4.98 Å². The van der Waals surface area contributed by atoms with Gasteiger partial charge < -0.3 is 9.73 Å². The number of rotatable bonds is 6. The molecule has 0 aliphatic heterocycles. The highest BCUT2D eigenvalue weighted by Crippen LogP contribution is 2.29. The van der Waals surface area contributed by atoms with Gasteiger partial charge in [-0.05, 0) is 25.3 Å². The van der Waals surface area contributed by atoms with Crippen molar-refractivity contribution in [2.45, 2.75) is 45.6 Å². The van der Waals surface area contributed by atoms with Gasteiger partial charge in [0.25, 0.3) is 0 Å². The summed E-state index contributed by atoms with van der Waals surface area (Å²) < 4.78 is 5.80. The van der Waals surface area contributed by atoms with Gasteiger partial charge in [0.1, 0.15) is 6.07 Å². The average Bonchev–Trinajstić information content (AvgIpc) is 2.92. The Hall–Kier alpha value is -2.28. The van der Waals surface area contributed by atoms with E-state index in [2.05, 4.69) is 30.2 Å². The maximum atomic E-state index is 9.23. The molecule has 2 rings (SSSR count). The summed E-state index contributed by atoms with van der Waals surface area (Å²) >= 11 is 0. The third kappa shape index (κ3) is 3.43. The first kappa shape index (κ1) is 15.1. The largest absolute Gasteiger partial charge is 0.424 e. The van der Waals surface area contributed by atoms with Gasteiger partial charge in [-0.3, -0.25) is 0 Å². The van der Waals surface area contributed by atoms with Crippen LogP contribution >= 0.6 is 0 Å². The second-order valence-corrected chi connectivity index (χ2v) is 5.13. The van der Waals surface area contributed by atoms with Gasteiger partial charge in [0, 0.05) is 5.92 Å². The van der Waals surface area contributed by atoms with E-state index in [1.165, 1.54) is 0 Å². The molecule has 4 heteroatoms. The molecule has 0 saturated heterocycles. The molecule has 21 heavy (non-hydrogen) atoms. The lowest BCUT2D eigenvalue weighted by molar-refractivity contribution is 0.437. The van der Waals surface area contributed by atoms with Crippen LogP contribution in [0.5, 0.6) is 0 Å². The fourth-order valence-electron chi connectivity index (χ4n) is 2.34. The zero-order chi connectivity index (χ0) is 15.2. The predicted octanol–water partition coefficient (Wildman–Crippen LogP) is 4.62. The standard InChI is InChI=1S/C17H21N3O/c1-4-13(5-2)16-20-15(11-18)17(21-16)19-12(3)14-9-7-6-8-10-14/h6-10,12-13,19H,4-5H2,1-3H3/t12-/m1/s1. The van der Waals surface area contributed by atoms with Gasteiger partial charge in [0.05, 0.1) is 6.04 Å². The molecule has 2 aromatic rings. The van der Waals surface area contributed by atoms with Gasteiger partial charge >= 0.3 is 0 Å². The van der Waals surface area contributed by atoms with Gasteiger partial charge in [-0.15, -0.1) is 0 Å². The molecule has 0 spiro atoms. The van der Waals surface area contributed by atoms with Crippen LogP contribution in [-0.2, 0) is 0 Å². The first-order chi connectivity index (χ1) is 10.2. The molecule has 0 aliphatic rings. The molecule has 0 unspecified atom stereocenters. The van der Waals surface area contributed by atoms with E-state index in [4.69, 9.17) is 4.42 Å². The minimum Gasteiger partial charge on any atom is -0.424 e. The van der Waals surface area contributed by atoms with Crippen molar-refractivity contribution >= 4 is 5.88 Å². The molecule has 1 atom stereocenters. The number of hydrogen-bond acceptors (Lipinski definition) is 4. The Balaban J connectivity index is 2.22. The third-order valence-electron chi connectivity index (χ3n) is 3.73. The van der Waals surface area contributed by atoms with Gasteiger partial charge in [0.2, 0.25) is 17.5 Å². The third-order valence-corrected chi connectivity index (χ3v) is 3.73. The summed E-state index contributed by atoms with van der Waals surface area (Å²) in [4.78, 5) is 4.33. The monoisotopic (exact) mass is 283 g/mol. The van der Waals surface area contributed by atoms with Gasteiger partial charge in [0.15, 0.2) is 0 Å². The highest BCUT2D eigenvalue weighted by atomic mass is 16.4. The Labute approximate surface area is 125 Å². The number of benzene rings is 1. The van der Waals surface area contributed by atoms with E-state index >= 15 is 0 Å². The molecule has 0 fully saturated rings. The number of oxazole rings is 1. The Kier molecular flexibility index (Phi) is 4.99. The number of hydrogen-bond donors (Lipinski definition) is 1. The zero-order valence-corrected chi connectivity index (χ0v) is 12.8. The van der Waals surface area contributed by atoms with Crippen molar-refractivity contribution in [1.29, 1.82) is 5.26 Å². The lowest BCUT2D eigenvalue weighted by atomic mass is 10.0. The average molecular weight is 283 g/mol. The summed E-state index contributed by atoms with van der Waals surface area (Å²) in [6.45, 7) is 6.24. The zero-order valence-electron chi connectivity index (χ0n) is 12.8. The molecule has 0 radical (unpaired) electrons. The first-order valence-corrected chi connectivity index (χ1v) is 7.41. The fourth-order valence-corrected chi connectivity index (χ4v) is 2.34. The molecular formula is C17H21N3O. The van der Waals surface area contributed by atoms with Crippen LogP contribution in [0.15, 0.2) is 34.7 Å². The molecule has 0 amide bonds. The normalized spacial score (nSPS) is 12.1. The Bertz CT molecular complexity index is 609. The summed E-state index contributed by atoms with van der Waals surface area (Å²) in [6, 6.07) is 12.2. The smallest absolute Gasteiger partial charge is 0.232 e. The molecule has 1 aromatic carbocycles. The Morgan fingerprint density at radius 1 is 1.24 bits per heavy atom. The summed E-state index contributed by atoms with van der Waals surface area (Å²) in [7, 11) is 0. The predicted molar refractivity (Wildman–Crippen MR) is 83.0 cm³/mol. The summed E-state index contributed by atoms with van der Waals surface area (Å²) in [5.74, 6) is 1.38. The van der Waals surface area contributed by atoms with Crippen LogP contribution in [0.1, 0.15) is 62.7 Å². The minimum atomic E-state index is 0.0563. The van der Waals surface area contributed by atoms with Crippen molar-refractivity contribution in [1.82, 2.24) is 4.98 Å². The van der Waals surface area contributed by atoms with Crippen LogP contribution in [-0.4, -0.2) is 4.98 Å². The van der Waals surface area contributed by atoms with Crippen molar-refractivity contribution in [3.63, 3.8) is 0 Å². The Morgan fingerprint density at radius 3 is 2.48 bits per heavy atom. The van der Waals surface area contributed by atoms with E-state index in [1.807, 2.05) is 37.3 Å². The van der Waals surface area contributed by atoms with Gasteiger partial charge in [-0.1, -0.05) is 44.2 Å². The second-order valence-electron chi connectivity index (χ2n) is 5.13. The van der Waals surface area contributed by atoms with Crippen molar-refractivity contribution in [3.05, 3.63) is 47.5 Å². The SMILES string of the molecule is CCC(CC)c1nc(C#N)c(N[C@H](C)c2ccccc2)o1. The molecule has 4 nitrogen and oxygen atoms in total. The molecule has 0 aliphatic carbocycles. The number of nitrogens with zero attached hydrogens (tertiary/aromatic N) is 2. The van der Waals surface area contributed by atoms with Crippen LogP contribution in [0.4, 0.5) is 5.88 Å². The topological polar surface area (TPSA) is 61.9 Å². The van der Waals surface area contributed by atoms with Crippen LogP contribution in [0, 0.1) is 11.3 Å². The first-order valence-electron chi connectivity index (χ1n) is 7.41. The van der Waals surface area contributed by atoms with Crippen molar-refractivity contribution < 1.29 is 4.42 Å². The maximum absolute atomic E-state index is 9.23. The van der Waals surface area contributed by atoms with E-state index in [0.29, 0.717) is 17.5 Å². The summed E-state index contributed by atoms with van der Waals surface area (Å²) in [5, 5.41) is 12.5. The minimum absolute atomic E-state index is 0.0563. The van der Waals surface area contributed by atoms with Crippen molar-refractivity contribution in [2.24, 2.45) is 0 Å². The molecule has 1 aromatic heterocycles. The van der Waals surface area contributed by atoms with E-state index in [1.54, 1.807) is 0 Å². The molecule has 110 valence electrons. The van der Waals surface area contributed by atoms with Crippen molar-refractivity contribution in [3.8, 4) is 6.07 Å². The number of nitrogens with one attached hydrogen (secondary N) is 1. The highest BCUT2D eigenvalue weighted by Gasteiger charge is 2.20. The van der Waals surface area contributed by atoms with E-state index in [-0.39, 0.29) is 12.0 Å². The number of nitriles is 1. The fraction of sp³-hybridized carbons (Fsp3) is 0.412.